The molecule has 0 atom stereocenters. The summed E-state index contributed by atoms with van der Waals surface area (Å²) in [4.78, 5) is 13.7. The second kappa shape index (κ2) is 5.96. The topological polar surface area (TPSA) is 49.8 Å². The first kappa shape index (κ1) is 15.7. The second-order valence-electron chi connectivity index (χ2n) is 6.82. The normalized spacial score (nSPS) is 16.9. The Morgan fingerprint density at radius 2 is 1.90 bits per heavy atom. The summed E-state index contributed by atoms with van der Waals surface area (Å²) in [5, 5.41) is 9.42. The molecule has 0 aliphatic carbocycles. The monoisotopic (exact) mass is 291 g/mol. The van der Waals surface area contributed by atoms with Crippen LogP contribution in [0, 0.1) is 11.3 Å². The summed E-state index contributed by atoms with van der Waals surface area (Å²) in [6.07, 6.45) is 2.21. The zero-order chi connectivity index (χ0) is 15.6. The number of hydrogen-bond acceptors (Lipinski definition) is 3. The van der Waals surface area contributed by atoms with Crippen molar-refractivity contribution in [2.24, 2.45) is 11.3 Å². The number of nitrogens with zero attached hydrogens (tertiary/aromatic N) is 1. The van der Waals surface area contributed by atoms with Crippen LogP contribution in [0.15, 0.2) is 18.2 Å². The summed E-state index contributed by atoms with van der Waals surface area (Å²) >= 11 is 0. The van der Waals surface area contributed by atoms with Crippen LogP contribution in [0.4, 0.5) is 5.69 Å². The molecule has 1 aliphatic rings. The van der Waals surface area contributed by atoms with Crippen LogP contribution in [0.25, 0.3) is 0 Å². The molecule has 1 aromatic carbocycles. The lowest BCUT2D eigenvalue weighted by Crippen LogP contribution is -2.38. The number of rotatable bonds is 3. The minimum absolute atomic E-state index is 0.321. The SMILES string of the molecule is COc1ccc(N2CCC(C(C)(C)C)CC2)c(C(=O)O)c1. The highest BCUT2D eigenvalue weighted by atomic mass is 16.5. The zero-order valence-corrected chi connectivity index (χ0v) is 13.3. The predicted octanol–water partition coefficient (Wildman–Crippen LogP) is 3.66. The maximum atomic E-state index is 11.5. The van der Waals surface area contributed by atoms with Crippen LogP contribution < -0.4 is 9.64 Å². The Balaban J connectivity index is 2.18. The van der Waals surface area contributed by atoms with Gasteiger partial charge < -0.3 is 14.7 Å². The van der Waals surface area contributed by atoms with E-state index >= 15 is 0 Å². The molecule has 4 nitrogen and oxygen atoms in total. The van der Waals surface area contributed by atoms with Crippen molar-refractivity contribution in [1.82, 2.24) is 0 Å². The summed E-state index contributed by atoms with van der Waals surface area (Å²) < 4.78 is 5.13. The highest BCUT2D eigenvalue weighted by Gasteiger charge is 2.30. The Kier molecular flexibility index (Phi) is 4.45. The summed E-state index contributed by atoms with van der Waals surface area (Å²) in [5.41, 5.74) is 1.45. The summed E-state index contributed by atoms with van der Waals surface area (Å²) in [7, 11) is 1.55. The third kappa shape index (κ3) is 3.49. The number of carbonyl (C=O) groups is 1. The van der Waals surface area contributed by atoms with Gasteiger partial charge in [-0.2, -0.15) is 0 Å². The molecule has 1 aromatic rings. The van der Waals surface area contributed by atoms with Gasteiger partial charge in [-0.05, 0) is 42.4 Å². The van der Waals surface area contributed by atoms with Gasteiger partial charge >= 0.3 is 5.97 Å². The summed E-state index contributed by atoms with van der Waals surface area (Å²) in [6.45, 7) is 8.67. The fourth-order valence-corrected chi connectivity index (χ4v) is 3.08. The van der Waals surface area contributed by atoms with Crippen LogP contribution in [0.2, 0.25) is 0 Å². The Morgan fingerprint density at radius 1 is 1.29 bits per heavy atom. The molecule has 0 spiro atoms. The van der Waals surface area contributed by atoms with Crippen molar-refractivity contribution in [2.75, 3.05) is 25.1 Å². The number of carboxylic acids is 1. The first-order chi connectivity index (χ1) is 9.82. The van der Waals surface area contributed by atoms with E-state index in [-0.39, 0.29) is 0 Å². The molecule has 1 aliphatic heterocycles. The highest BCUT2D eigenvalue weighted by molar-refractivity contribution is 5.95. The van der Waals surface area contributed by atoms with Crippen molar-refractivity contribution >= 4 is 11.7 Å². The quantitative estimate of drug-likeness (QED) is 0.923. The Labute approximate surface area is 126 Å². The van der Waals surface area contributed by atoms with Crippen LogP contribution in [0.1, 0.15) is 44.0 Å². The van der Waals surface area contributed by atoms with E-state index in [4.69, 9.17) is 4.74 Å². The molecule has 4 heteroatoms. The standard InChI is InChI=1S/C17H25NO3/c1-17(2,3)12-7-9-18(10-8-12)15-6-5-13(21-4)11-14(15)16(19)20/h5-6,11-12H,7-10H2,1-4H3,(H,19,20). The van der Waals surface area contributed by atoms with E-state index in [0.29, 0.717) is 22.6 Å². The van der Waals surface area contributed by atoms with Gasteiger partial charge in [-0.25, -0.2) is 4.79 Å². The molecule has 0 aromatic heterocycles. The number of piperidine rings is 1. The number of carboxylic acid groups (broad SMARTS) is 1. The third-order valence-corrected chi connectivity index (χ3v) is 4.49. The molecule has 0 radical (unpaired) electrons. The van der Waals surface area contributed by atoms with Crippen LogP contribution in [0.3, 0.4) is 0 Å². The fraction of sp³-hybridized carbons (Fsp3) is 0.588. The number of methoxy groups -OCH3 is 1. The van der Waals surface area contributed by atoms with Crippen molar-refractivity contribution in [3.8, 4) is 5.75 Å². The van der Waals surface area contributed by atoms with Crippen LogP contribution in [-0.2, 0) is 0 Å². The van der Waals surface area contributed by atoms with Crippen molar-refractivity contribution in [1.29, 1.82) is 0 Å². The molecule has 0 saturated carbocycles. The van der Waals surface area contributed by atoms with Gasteiger partial charge in [0.2, 0.25) is 0 Å². The van der Waals surface area contributed by atoms with Gasteiger partial charge in [-0.1, -0.05) is 20.8 Å². The molecule has 21 heavy (non-hydrogen) atoms. The van der Waals surface area contributed by atoms with E-state index in [1.165, 1.54) is 0 Å². The van der Waals surface area contributed by atoms with E-state index in [0.717, 1.165) is 31.6 Å². The molecule has 1 saturated heterocycles. The fourth-order valence-electron chi connectivity index (χ4n) is 3.08. The maximum Gasteiger partial charge on any atom is 0.337 e. The number of anilines is 1. The first-order valence-electron chi connectivity index (χ1n) is 7.49. The first-order valence-corrected chi connectivity index (χ1v) is 7.49. The maximum absolute atomic E-state index is 11.5. The Hall–Kier alpha value is -1.71. The van der Waals surface area contributed by atoms with E-state index in [1.807, 2.05) is 12.1 Å². The van der Waals surface area contributed by atoms with Crippen molar-refractivity contribution in [3.63, 3.8) is 0 Å². The Bertz CT molecular complexity index is 511. The molecule has 116 valence electrons. The largest absolute Gasteiger partial charge is 0.497 e. The van der Waals surface area contributed by atoms with Crippen molar-refractivity contribution in [2.45, 2.75) is 33.6 Å². The molecule has 1 fully saturated rings. The molecule has 2 rings (SSSR count). The van der Waals surface area contributed by atoms with E-state index in [1.54, 1.807) is 13.2 Å². The van der Waals surface area contributed by atoms with E-state index in [9.17, 15) is 9.90 Å². The highest BCUT2D eigenvalue weighted by Crippen LogP contribution is 2.36. The molecular formula is C17H25NO3. The van der Waals surface area contributed by atoms with Gasteiger partial charge in [0.25, 0.3) is 0 Å². The van der Waals surface area contributed by atoms with Gasteiger partial charge in [0.15, 0.2) is 0 Å². The lowest BCUT2D eigenvalue weighted by Gasteiger charge is -2.40. The molecule has 0 amide bonds. The van der Waals surface area contributed by atoms with E-state index < -0.39 is 5.97 Å². The van der Waals surface area contributed by atoms with Crippen LogP contribution >= 0.6 is 0 Å². The third-order valence-electron chi connectivity index (χ3n) is 4.49. The second-order valence-corrected chi connectivity index (χ2v) is 6.82. The minimum Gasteiger partial charge on any atom is -0.497 e. The van der Waals surface area contributed by atoms with Gasteiger partial charge in [-0.3, -0.25) is 0 Å². The van der Waals surface area contributed by atoms with Gasteiger partial charge in [-0.15, -0.1) is 0 Å². The van der Waals surface area contributed by atoms with Gasteiger partial charge in [0.1, 0.15) is 5.75 Å². The molecular weight excluding hydrogens is 266 g/mol. The number of benzene rings is 1. The average molecular weight is 291 g/mol. The van der Waals surface area contributed by atoms with Gasteiger partial charge in [0.05, 0.1) is 18.4 Å². The zero-order valence-electron chi connectivity index (χ0n) is 13.3. The van der Waals surface area contributed by atoms with Crippen molar-refractivity contribution in [3.05, 3.63) is 23.8 Å². The minimum atomic E-state index is -0.901. The summed E-state index contributed by atoms with van der Waals surface area (Å²) in [6, 6.07) is 5.30. The van der Waals surface area contributed by atoms with Crippen molar-refractivity contribution < 1.29 is 14.6 Å². The Morgan fingerprint density at radius 3 is 2.38 bits per heavy atom. The molecule has 0 unspecified atom stereocenters. The number of ether oxygens (including phenoxy) is 1. The van der Waals surface area contributed by atoms with Gasteiger partial charge in [0, 0.05) is 13.1 Å². The number of aromatic carboxylic acids is 1. The van der Waals surface area contributed by atoms with Crippen LogP contribution in [0.5, 0.6) is 5.75 Å². The molecule has 0 bridgehead atoms. The van der Waals surface area contributed by atoms with Crippen LogP contribution in [-0.4, -0.2) is 31.3 Å². The molecule has 1 heterocycles. The van der Waals surface area contributed by atoms with E-state index in [2.05, 4.69) is 25.7 Å². The lowest BCUT2D eigenvalue weighted by atomic mass is 9.75. The molecule has 1 N–H and O–H groups in total. The number of hydrogen-bond donors (Lipinski definition) is 1. The summed E-state index contributed by atoms with van der Waals surface area (Å²) in [5.74, 6) is 0.378. The average Bonchev–Trinajstić information content (AvgIpc) is 2.45. The lowest BCUT2D eigenvalue weighted by molar-refractivity contribution is 0.0697. The smallest absolute Gasteiger partial charge is 0.337 e. The predicted molar refractivity (Wildman–Crippen MR) is 84.3 cm³/mol.